The zero-order chi connectivity index (χ0) is 13.8. The van der Waals surface area contributed by atoms with Gasteiger partial charge in [-0.3, -0.25) is 4.98 Å². The van der Waals surface area contributed by atoms with Gasteiger partial charge in [-0.1, -0.05) is 0 Å². The van der Waals surface area contributed by atoms with Gasteiger partial charge in [-0.15, -0.1) is 0 Å². The van der Waals surface area contributed by atoms with Crippen LogP contribution in [-0.4, -0.2) is 34.1 Å². The van der Waals surface area contributed by atoms with Gasteiger partial charge < -0.3 is 10.6 Å². The summed E-state index contributed by atoms with van der Waals surface area (Å²) in [7, 11) is 0. The molecule has 5 nitrogen and oxygen atoms in total. The summed E-state index contributed by atoms with van der Waals surface area (Å²) >= 11 is 0. The number of aromatic nitrogens is 3. The lowest BCUT2D eigenvalue weighted by atomic mass is 10.1. The molecule has 1 unspecified atom stereocenters. The van der Waals surface area contributed by atoms with E-state index in [4.69, 9.17) is 5.73 Å². The highest BCUT2D eigenvalue weighted by molar-refractivity contribution is 5.61. The molecule has 0 spiro atoms. The molecular weight excluding hydrogens is 250 g/mol. The van der Waals surface area contributed by atoms with Gasteiger partial charge >= 0.3 is 0 Å². The Labute approximate surface area is 118 Å². The minimum Gasteiger partial charge on any atom is -0.338 e. The van der Waals surface area contributed by atoms with E-state index in [1.165, 1.54) is 12.8 Å². The number of anilines is 1. The van der Waals surface area contributed by atoms with Gasteiger partial charge in [0.15, 0.2) is 0 Å². The highest BCUT2D eigenvalue weighted by Crippen LogP contribution is 2.25. The van der Waals surface area contributed by atoms with E-state index in [-0.39, 0.29) is 0 Å². The van der Waals surface area contributed by atoms with Crippen molar-refractivity contribution >= 4 is 5.95 Å². The third-order valence-electron chi connectivity index (χ3n) is 3.79. The van der Waals surface area contributed by atoms with Crippen molar-refractivity contribution in [1.29, 1.82) is 0 Å². The maximum Gasteiger partial charge on any atom is 0.225 e. The van der Waals surface area contributed by atoms with Crippen LogP contribution in [0.3, 0.4) is 0 Å². The summed E-state index contributed by atoms with van der Waals surface area (Å²) in [5, 5.41) is 0. The molecule has 20 heavy (non-hydrogen) atoms. The maximum absolute atomic E-state index is 5.68. The minimum absolute atomic E-state index is 0.492. The molecule has 0 bridgehead atoms. The van der Waals surface area contributed by atoms with Crippen LogP contribution >= 0.6 is 0 Å². The van der Waals surface area contributed by atoms with E-state index in [1.807, 2.05) is 24.5 Å². The molecule has 3 rings (SSSR count). The van der Waals surface area contributed by atoms with Crippen molar-refractivity contribution < 1.29 is 0 Å². The molecule has 2 N–H and O–H groups in total. The van der Waals surface area contributed by atoms with Crippen LogP contribution in [0.1, 0.15) is 19.3 Å². The molecule has 0 amide bonds. The zero-order valence-corrected chi connectivity index (χ0v) is 11.4. The Morgan fingerprint density at radius 3 is 2.60 bits per heavy atom. The first-order valence-electron chi connectivity index (χ1n) is 7.07. The van der Waals surface area contributed by atoms with Gasteiger partial charge in [0.25, 0.3) is 0 Å². The second-order valence-electron chi connectivity index (χ2n) is 5.07. The number of hydrogen-bond acceptors (Lipinski definition) is 5. The van der Waals surface area contributed by atoms with Crippen molar-refractivity contribution in [1.82, 2.24) is 15.0 Å². The SMILES string of the molecule is NCCC1CCCN1c1ncc(-c2ccncc2)cn1. The van der Waals surface area contributed by atoms with E-state index in [2.05, 4.69) is 19.9 Å². The van der Waals surface area contributed by atoms with Gasteiger partial charge in [-0.2, -0.15) is 0 Å². The van der Waals surface area contributed by atoms with Crippen molar-refractivity contribution in [3.05, 3.63) is 36.9 Å². The quantitative estimate of drug-likeness (QED) is 0.917. The molecular formula is C15H19N5. The molecule has 2 aromatic rings. The Morgan fingerprint density at radius 1 is 1.15 bits per heavy atom. The lowest BCUT2D eigenvalue weighted by Crippen LogP contribution is -2.32. The summed E-state index contributed by atoms with van der Waals surface area (Å²) in [4.78, 5) is 15.3. The Kier molecular flexibility index (Phi) is 3.87. The van der Waals surface area contributed by atoms with Gasteiger partial charge in [0, 0.05) is 42.9 Å². The van der Waals surface area contributed by atoms with Crippen LogP contribution < -0.4 is 10.6 Å². The first-order chi connectivity index (χ1) is 9.88. The summed E-state index contributed by atoms with van der Waals surface area (Å²) in [5.41, 5.74) is 7.78. The second-order valence-corrected chi connectivity index (χ2v) is 5.07. The maximum atomic E-state index is 5.68. The van der Waals surface area contributed by atoms with E-state index >= 15 is 0 Å². The Hall–Kier alpha value is -2.01. The molecule has 0 aromatic carbocycles. The summed E-state index contributed by atoms with van der Waals surface area (Å²) < 4.78 is 0. The Bertz CT molecular complexity index is 540. The third kappa shape index (κ3) is 2.63. The summed E-state index contributed by atoms with van der Waals surface area (Å²) in [6.07, 6.45) is 10.7. The molecule has 5 heteroatoms. The van der Waals surface area contributed by atoms with Crippen LogP contribution in [-0.2, 0) is 0 Å². The van der Waals surface area contributed by atoms with Crippen molar-refractivity contribution in [3.8, 4) is 11.1 Å². The highest BCUT2D eigenvalue weighted by atomic mass is 15.3. The van der Waals surface area contributed by atoms with E-state index in [0.717, 1.165) is 36.6 Å². The summed E-state index contributed by atoms with van der Waals surface area (Å²) in [6.45, 7) is 1.75. The molecule has 0 aliphatic carbocycles. The van der Waals surface area contributed by atoms with E-state index in [9.17, 15) is 0 Å². The third-order valence-corrected chi connectivity index (χ3v) is 3.79. The summed E-state index contributed by atoms with van der Waals surface area (Å²) in [5.74, 6) is 0.818. The van der Waals surface area contributed by atoms with Gasteiger partial charge in [-0.05, 0) is 43.5 Å². The van der Waals surface area contributed by atoms with Crippen molar-refractivity contribution in [2.24, 2.45) is 5.73 Å². The van der Waals surface area contributed by atoms with Crippen LogP contribution in [0.5, 0.6) is 0 Å². The van der Waals surface area contributed by atoms with E-state index in [0.29, 0.717) is 6.04 Å². The number of rotatable bonds is 4. The van der Waals surface area contributed by atoms with E-state index < -0.39 is 0 Å². The second kappa shape index (κ2) is 5.96. The molecule has 0 saturated carbocycles. The fourth-order valence-corrected chi connectivity index (χ4v) is 2.75. The molecule has 0 radical (unpaired) electrons. The average molecular weight is 269 g/mol. The smallest absolute Gasteiger partial charge is 0.225 e. The largest absolute Gasteiger partial charge is 0.338 e. The molecule has 1 saturated heterocycles. The Balaban J connectivity index is 1.79. The predicted molar refractivity (Wildman–Crippen MR) is 79.3 cm³/mol. The average Bonchev–Trinajstić information content (AvgIpc) is 2.97. The number of hydrogen-bond donors (Lipinski definition) is 1. The van der Waals surface area contributed by atoms with Crippen molar-refractivity contribution in [2.45, 2.75) is 25.3 Å². The van der Waals surface area contributed by atoms with E-state index in [1.54, 1.807) is 12.4 Å². The first kappa shape index (κ1) is 13.0. The van der Waals surface area contributed by atoms with Crippen LogP contribution in [0.15, 0.2) is 36.9 Å². The van der Waals surface area contributed by atoms with Crippen molar-refractivity contribution in [3.63, 3.8) is 0 Å². The standard InChI is InChI=1S/C15H19N5/c16-6-3-14-2-1-9-20(14)15-18-10-13(11-19-15)12-4-7-17-8-5-12/h4-5,7-8,10-11,14H,1-3,6,9,16H2. The van der Waals surface area contributed by atoms with Crippen LogP contribution in [0.2, 0.25) is 0 Å². The lowest BCUT2D eigenvalue weighted by Gasteiger charge is -2.24. The van der Waals surface area contributed by atoms with Gasteiger partial charge in [0.1, 0.15) is 0 Å². The van der Waals surface area contributed by atoms with Gasteiger partial charge in [0.2, 0.25) is 5.95 Å². The molecule has 1 aliphatic heterocycles. The molecule has 1 fully saturated rings. The number of nitrogens with two attached hydrogens (primary N) is 1. The molecule has 3 heterocycles. The van der Waals surface area contributed by atoms with Crippen LogP contribution in [0.25, 0.3) is 11.1 Å². The first-order valence-corrected chi connectivity index (χ1v) is 7.07. The highest BCUT2D eigenvalue weighted by Gasteiger charge is 2.25. The fraction of sp³-hybridized carbons (Fsp3) is 0.400. The fourth-order valence-electron chi connectivity index (χ4n) is 2.75. The minimum atomic E-state index is 0.492. The molecule has 2 aromatic heterocycles. The predicted octanol–water partition coefficient (Wildman–Crippen LogP) is 1.86. The van der Waals surface area contributed by atoms with Crippen LogP contribution in [0, 0.1) is 0 Å². The van der Waals surface area contributed by atoms with Gasteiger partial charge in [0.05, 0.1) is 0 Å². The van der Waals surface area contributed by atoms with Crippen molar-refractivity contribution in [2.75, 3.05) is 18.0 Å². The molecule has 104 valence electrons. The summed E-state index contributed by atoms with van der Waals surface area (Å²) in [6, 6.07) is 4.42. The zero-order valence-electron chi connectivity index (χ0n) is 11.4. The lowest BCUT2D eigenvalue weighted by molar-refractivity contribution is 0.609. The Morgan fingerprint density at radius 2 is 1.90 bits per heavy atom. The topological polar surface area (TPSA) is 67.9 Å². The number of pyridine rings is 1. The molecule has 1 atom stereocenters. The van der Waals surface area contributed by atoms with Gasteiger partial charge in [-0.25, -0.2) is 9.97 Å². The number of nitrogens with zero attached hydrogens (tertiary/aromatic N) is 4. The normalized spacial score (nSPS) is 18.4. The monoisotopic (exact) mass is 269 g/mol. The van der Waals surface area contributed by atoms with Crippen LogP contribution in [0.4, 0.5) is 5.95 Å². The molecule has 1 aliphatic rings.